The first kappa shape index (κ1) is 13.5. The highest BCUT2D eigenvalue weighted by molar-refractivity contribution is 7.11. The minimum Gasteiger partial charge on any atom is -0.398 e. The number of hydrogen-bond acceptors (Lipinski definition) is 5. The predicted octanol–water partition coefficient (Wildman–Crippen LogP) is 1.92. The summed E-state index contributed by atoms with van der Waals surface area (Å²) in [4.78, 5) is 21.5. The van der Waals surface area contributed by atoms with Crippen LogP contribution in [-0.2, 0) is 13.0 Å². The number of nitrogen functional groups attached to an aromatic ring is 1. The van der Waals surface area contributed by atoms with Gasteiger partial charge >= 0.3 is 0 Å². The van der Waals surface area contributed by atoms with E-state index in [-0.39, 0.29) is 5.91 Å². The monoisotopic (exact) mass is 276 g/mol. The van der Waals surface area contributed by atoms with E-state index in [0.29, 0.717) is 17.8 Å². The molecule has 2 rings (SSSR count). The molecule has 100 valence electrons. The molecule has 0 bridgehead atoms. The normalized spacial score (nSPS) is 10.4. The average Bonchev–Trinajstić information content (AvgIpc) is 2.84. The van der Waals surface area contributed by atoms with Crippen molar-refractivity contribution in [3.63, 3.8) is 0 Å². The van der Waals surface area contributed by atoms with Crippen molar-refractivity contribution in [1.82, 2.24) is 15.3 Å². The molecular formula is C13H16N4OS. The Labute approximate surface area is 115 Å². The lowest BCUT2D eigenvalue weighted by atomic mass is 10.2. The van der Waals surface area contributed by atoms with Crippen molar-refractivity contribution in [3.05, 3.63) is 39.6 Å². The number of amides is 1. The molecule has 0 spiro atoms. The van der Waals surface area contributed by atoms with E-state index in [2.05, 4.69) is 22.2 Å². The van der Waals surface area contributed by atoms with Crippen LogP contribution < -0.4 is 11.1 Å². The van der Waals surface area contributed by atoms with Crippen LogP contribution in [0.4, 0.5) is 5.69 Å². The summed E-state index contributed by atoms with van der Waals surface area (Å²) < 4.78 is 0. The second kappa shape index (κ2) is 5.79. The highest BCUT2D eigenvalue weighted by Crippen LogP contribution is 2.14. The van der Waals surface area contributed by atoms with Crippen LogP contribution in [-0.4, -0.2) is 15.9 Å². The zero-order chi connectivity index (χ0) is 13.8. The molecule has 0 fully saturated rings. The molecule has 0 aliphatic rings. The van der Waals surface area contributed by atoms with E-state index in [0.717, 1.165) is 17.1 Å². The maximum absolute atomic E-state index is 12.0. The highest BCUT2D eigenvalue weighted by Gasteiger charge is 2.11. The van der Waals surface area contributed by atoms with Crippen molar-refractivity contribution < 1.29 is 4.79 Å². The fourth-order valence-electron chi connectivity index (χ4n) is 1.62. The van der Waals surface area contributed by atoms with Crippen molar-refractivity contribution in [2.75, 3.05) is 5.73 Å². The summed E-state index contributed by atoms with van der Waals surface area (Å²) >= 11 is 1.60. The summed E-state index contributed by atoms with van der Waals surface area (Å²) in [6, 6.07) is 1.69. The van der Waals surface area contributed by atoms with Gasteiger partial charge in [0.05, 0.1) is 12.1 Å². The maximum Gasteiger partial charge on any atom is 0.255 e. The lowest BCUT2D eigenvalue weighted by molar-refractivity contribution is 0.0951. The third-order valence-electron chi connectivity index (χ3n) is 2.67. The molecule has 0 radical (unpaired) electrons. The van der Waals surface area contributed by atoms with Crippen LogP contribution in [0.25, 0.3) is 0 Å². The first-order valence-corrected chi connectivity index (χ1v) is 6.85. The molecule has 1 amide bonds. The summed E-state index contributed by atoms with van der Waals surface area (Å²) in [5, 5.41) is 3.69. The maximum atomic E-state index is 12.0. The van der Waals surface area contributed by atoms with Crippen molar-refractivity contribution in [3.8, 4) is 0 Å². The average molecular weight is 276 g/mol. The number of thiazole rings is 1. The Bertz CT molecular complexity index is 594. The van der Waals surface area contributed by atoms with Gasteiger partial charge in [0.25, 0.3) is 5.91 Å². The smallest absolute Gasteiger partial charge is 0.255 e. The number of carbonyl (C=O) groups excluding carboxylic acids is 1. The van der Waals surface area contributed by atoms with Gasteiger partial charge in [-0.1, -0.05) is 6.92 Å². The molecular weight excluding hydrogens is 260 g/mol. The number of anilines is 1. The first-order chi connectivity index (χ1) is 9.10. The third kappa shape index (κ3) is 3.29. The lowest BCUT2D eigenvalue weighted by Gasteiger charge is -2.06. The zero-order valence-corrected chi connectivity index (χ0v) is 11.8. The van der Waals surface area contributed by atoms with Crippen molar-refractivity contribution in [2.45, 2.75) is 26.8 Å². The van der Waals surface area contributed by atoms with E-state index in [1.54, 1.807) is 17.4 Å². The molecule has 0 aromatic carbocycles. The Balaban J connectivity index is 2.01. The van der Waals surface area contributed by atoms with E-state index < -0.39 is 0 Å². The highest BCUT2D eigenvalue weighted by atomic mass is 32.1. The number of pyridine rings is 1. The van der Waals surface area contributed by atoms with Crippen LogP contribution in [0.15, 0.2) is 18.5 Å². The summed E-state index contributed by atoms with van der Waals surface area (Å²) in [7, 11) is 0. The van der Waals surface area contributed by atoms with Crippen molar-refractivity contribution in [1.29, 1.82) is 0 Å². The van der Waals surface area contributed by atoms with Gasteiger partial charge < -0.3 is 11.1 Å². The van der Waals surface area contributed by atoms with E-state index in [4.69, 9.17) is 5.73 Å². The van der Waals surface area contributed by atoms with Gasteiger partial charge in [-0.05, 0) is 19.4 Å². The minimum absolute atomic E-state index is 0.224. The van der Waals surface area contributed by atoms with Gasteiger partial charge in [-0.3, -0.25) is 9.78 Å². The molecule has 0 unspecified atom stereocenters. The molecule has 2 heterocycles. The van der Waals surface area contributed by atoms with Crippen molar-refractivity contribution in [2.24, 2.45) is 0 Å². The van der Waals surface area contributed by atoms with Gasteiger partial charge in [0, 0.05) is 28.7 Å². The van der Waals surface area contributed by atoms with Crippen LogP contribution in [0.1, 0.15) is 32.9 Å². The van der Waals surface area contributed by atoms with E-state index in [1.165, 1.54) is 11.1 Å². The fourth-order valence-corrected chi connectivity index (χ4v) is 2.42. The number of nitrogens with zero attached hydrogens (tertiary/aromatic N) is 2. The van der Waals surface area contributed by atoms with Gasteiger partial charge in [0.1, 0.15) is 5.01 Å². The van der Waals surface area contributed by atoms with Crippen LogP contribution in [0.3, 0.4) is 0 Å². The number of aromatic nitrogens is 2. The largest absolute Gasteiger partial charge is 0.398 e. The van der Waals surface area contributed by atoms with Gasteiger partial charge in [0.2, 0.25) is 0 Å². The van der Waals surface area contributed by atoms with E-state index in [9.17, 15) is 4.79 Å². The van der Waals surface area contributed by atoms with Crippen LogP contribution in [0.2, 0.25) is 0 Å². The molecule has 6 heteroatoms. The minimum atomic E-state index is -0.224. The van der Waals surface area contributed by atoms with Gasteiger partial charge in [0.15, 0.2) is 0 Å². The summed E-state index contributed by atoms with van der Waals surface area (Å²) in [5.74, 6) is -0.224. The van der Waals surface area contributed by atoms with Gasteiger partial charge in [-0.2, -0.15) is 0 Å². The quantitative estimate of drug-likeness (QED) is 0.894. The molecule has 0 aliphatic carbocycles. The molecule has 0 atom stereocenters. The molecule has 2 aromatic heterocycles. The molecule has 0 saturated carbocycles. The Kier molecular flexibility index (Phi) is 4.11. The number of nitrogens with two attached hydrogens (primary N) is 1. The molecule has 2 aromatic rings. The molecule has 3 N–H and O–H groups in total. The molecule has 5 nitrogen and oxygen atoms in total. The van der Waals surface area contributed by atoms with E-state index >= 15 is 0 Å². The number of hydrogen-bond donors (Lipinski definition) is 2. The second-order valence-electron chi connectivity index (χ2n) is 4.17. The number of rotatable bonds is 4. The van der Waals surface area contributed by atoms with Crippen LogP contribution >= 0.6 is 11.3 Å². The zero-order valence-electron chi connectivity index (χ0n) is 10.9. The van der Waals surface area contributed by atoms with Crippen LogP contribution in [0.5, 0.6) is 0 Å². The van der Waals surface area contributed by atoms with E-state index in [1.807, 2.05) is 13.1 Å². The van der Waals surface area contributed by atoms with Crippen molar-refractivity contribution >= 4 is 22.9 Å². The molecule has 19 heavy (non-hydrogen) atoms. The Hall–Kier alpha value is -1.95. The third-order valence-corrected chi connectivity index (χ3v) is 3.81. The predicted molar refractivity (Wildman–Crippen MR) is 76.0 cm³/mol. The standard InChI is InChI=1S/C13H16N4OS/c1-3-9-5-16-12(19-9)7-17-13(18)10-6-15-8(2)4-11(10)14/h4-6H,3,7H2,1-2H3,(H2,14,15)(H,17,18). The fraction of sp³-hybridized carbons (Fsp3) is 0.308. The number of aryl methyl sites for hydroxylation is 2. The summed E-state index contributed by atoms with van der Waals surface area (Å²) in [6.45, 7) is 4.32. The van der Waals surface area contributed by atoms with Gasteiger partial charge in [-0.15, -0.1) is 11.3 Å². The molecule has 0 saturated heterocycles. The Morgan fingerprint density at radius 1 is 1.42 bits per heavy atom. The Morgan fingerprint density at radius 2 is 2.21 bits per heavy atom. The van der Waals surface area contributed by atoms with Gasteiger partial charge in [-0.25, -0.2) is 4.98 Å². The summed E-state index contributed by atoms with van der Waals surface area (Å²) in [6.07, 6.45) is 4.30. The number of nitrogens with one attached hydrogen (secondary N) is 1. The summed E-state index contributed by atoms with van der Waals surface area (Å²) in [5.41, 5.74) is 7.44. The Morgan fingerprint density at radius 3 is 2.84 bits per heavy atom. The lowest BCUT2D eigenvalue weighted by Crippen LogP contribution is -2.24. The first-order valence-electron chi connectivity index (χ1n) is 6.04. The second-order valence-corrected chi connectivity index (χ2v) is 5.37. The topological polar surface area (TPSA) is 80.9 Å². The SMILES string of the molecule is CCc1cnc(CNC(=O)c2cnc(C)cc2N)s1. The van der Waals surface area contributed by atoms with Crippen LogP contribution in [0, 0.1) is 6.92 Å². The number of carbonyl (C=O) groups is 1. The molecule has 0 aliphatic heterocycles.